The number of rotatable bonds is 7. The Morgan fingerprint density at radius 1 is 0.575 bits per heavy atom. The fourth-order valence-electron chi connectivity index (χ4n) is 5.78. The summed E-state index contributed by atoms with van der Waals surface area (Å²) in [6, 6.07) is 47.0. The highest BCUT2D eigenvalue weighted by Gasteiger charge is 2.64. The molecule has 0 radical (unpaired) electrons. The van der Waals surface area contributed by atoms with Crippen LogP contribution >= 0.6 is 0 Å². The van der Waals surface area contributed by atoms with Crippen LogP contribution in [0.2, 0.25) is 0 Å². The minimum atomic E-state index is -1.60. The number of para-hydroxylation sites is 1. The number of hydrogen-bond donors (Lipinski definition) is 0. The van der Waals surface area contributed by atoms with Crippen molar-refractivity contribution < 1.29 is 19.1 Å². The van der Waals surface area contributed by atoms with E-state index in [4.69, 9.17) is 9.47 Å². The molecule has 0 spiro atoms. The van der Waals surface area contributed by atoms with Gasteiger partial charge in [0.1, 0.15) is 5.75 Å². The van der Waals surface area contributed by atoms with E-state index in [1.54, 1.807) is 12.1 Å². The summed E-state index contributed by atoms with van der Waals surface area (Å²) in [5.74, 6) is -1.63. The van der Waals surface area contributed by atoms with Gasteiger partial charge in [-0.05, 0) is 28.8 Å². The Kier molecular flexibility index (Phi) is 7.09. The third kappa shape index (κ3) is 4.63. The van der Waals surface area contributed by atoms with Gasteiger partial charge in [-0.25, -0.2) is 4.79 Å². The van der Waals surface area contributed by atoms with Crippen molar-refractivity contribution in [1.29, 1.82) is 0 Å². The van der Waals surface area contributed by atoms with Gasteiger partial charge in [0.05, 0.1) is 12.0 Å². The SMILES string of the molecule is O=C(c1ccccc1)[C@H]1[C@@H](c2ccccc2)O[C@](C(=O)Oc2ccccc2)(c2ccccc2)[C@H]1c1ccccc1. The molecule has 4 nitrogen and oxygen atoms in total. The van der Waals surface area contributed by atoms with Crippen LogP contribution in [0.5, 0.6) is 5.75 Å². The summed E-state index contributed by atoms with van der Waals surface area (Å²) in [7, 11) is 0. The Morgan fingerprint density at radius 2 is 1.05 bits per heavy atom. The van der Waals surface area contributed by atoms with E-state index in [0.29, 0.717) is 16.9 Å². The van der Waals surface area contributed by atoms with Crippen LogP contribution in [0.15, 0.2) is 152 Å². The van der Waals surface area contributed by atoms with E-state index >= 15 is 0 Å². The highest BCUT2D eigenvalue weighted by atomic mass is 16.6. The van der Waals surface area contributed by atoms with Gasteiger partial charge >= 0.3 is 5.97 Å². The van der Waals surface area contributed by atoms with E-state index in [1.165, 1.54) is 0 Å². The number of hydrogen-bond acceptors (Lipinski definition) is 4. The zero-order chi connectivity index (χ0) is 27.4. The van der Waals surface area contributed by atoms with Crippen LogP contribution in [0.25, 0.3) is 0 Å². The molecule has 5 aromatic carbocycles. The first-order chi connectivity index (χ1) is 19.7. The number of benzene rings is 5. The molecule has 0 N–H and O–H groups in total. The lowest BCUT2D eigenvalue weighted by atomic mass is 9.69. The average Bonchev–Trinajstić information content (AvgIpc) is 3.40. The number of ether oxygens (including phenoxy) is 2. The lowest BCUT2D eigenvalue weighted by Gasteiger charge is -2.34. The largest absolute Gasteiger partial charge is 0.424 e. The van der Waals surface area contributed by atoms with Gasteiger partial charge in [-0.2, -0.15) is 0 Å². The molecule has 4 atom stereocenters. The molecule has 5 aromatic rings. The molecule has 0 aromatic heterocycles. The topological polar surface area (TPSA) is 52.6 Å². The van der Waals surface area contributed by atoms with Crippen molar-refractivity contribution in [3.05, 3.63) is 174 Å². The standard InChI is InChI=1S/C36H28O4/c37-33(27-18-8-2-9-19-27)31-32(26-16-6-1-7-17-26)36(29-22-12-4-13-23-29,35(38)39-30-24-14-5-15-25-30)40-34(31)28-20-10-3-11-21-28/h1-25,31-32,34H/t31-,32-,34+,36+/m0/s1. The molecular formula is C36H28O4. The Balaban J connectivity index is 1.61. The maximum Gasteiger partial charge on any atom is 0.349 e. The Morgan fingerprint density at radius 3 is 1.62 bits per heavy atom. The third-order valence-corrected chi connectivity index (χ3v) is 7.54. The summed E-state index contributed by atoms with van der Waals surface area (Å²) in [4.78, 5) is 29.0. The molecule has 196 valence electrons. The van der Waals surface area contributed by atoms with Crippen molar-refractivity contribution in [3.8, 4) is 5.75 Å². The van der Waals surface area contributed by atoms with Gasteiger partial charge in [0.15, 0.2) is 11.4 Å². The quantitative estimate of drug-likeness (QED) is 0.125. The second kappa shape index (κ2) is 11.1. The van der Waals surface area contributed by atoms with Crippen molar-refractivity contribution in [2.24, 2.45) is 5.92 Å². The Labute approximate surface area is 233 Å². The fraction of sp³-hybridized carbons (Fsp3) is 0.111. The van der Waals surface area contributed by atoms with E-state index in [0.717, 1.165) is 11.1 Å². The molecular weight excluding hydrogens is 496 g/mol. The van der Waals surface area contributed by atoms with Crippen molar-refractivity contribution in [3.63, 3.8) is 0 Å². The molecule has 1 aliphatic rings. The van der Waals surface area contributed by atoms with Crippen molar-refractivity contribution in [1.82, 2.24) is 0 Å². The summed E-state index contributed by atoms with van der Waals surface area (Å²) in [5, 5.41) is 0. The van der Waals surface area contributed by atoms with Crippen LogP contribution in [-0.4, -0.2) is 11.8 Å². The van der Waals surface area contributed by atoms with Crippen LogP contribution in [0.3, 0.4) is 0 Å². The van der Waals surface area contributed by atoms with Crippen LogP contribution in [0, 0.1) is 5.92 Å². The number of Topliss-reactive ketones (excluding diaryl/α,β-unsaturated/α-hetero) is 1. The molecule has 1 aliphatic heterocycles. The number of ketones is 1. The summed E-state index contributed by atoms with van der Waals surface area (Å²) in [6.07, 6.45) is -0.706. The van der Waals surface area contributed by atoms with Gasteiger partial charge in [-0.3, -0.25) is 4.79 Å². The molecule has 1 fully saturated rings. The summed E-state index contributed by atoms with van der Waals surface area (Å²) >= 11 is 0. The molecule has 0 unspecified atom stereocenters. The first-order valence-electron chi connectivity index (χ1n) is 13.4. The molecule has 40 heavy (non-hydrogen) atoms. The smallest absolute Gasteiger partial charge is 0.349 e. The molecule has 1 saturated heterocycles. The predicted octanol–water partition coefficient (Wildman–Crippen LogP) is 7.54. The van der Waals surface area contributed by atoms with Gasteiger partial charge in [-0.15, -0.1) is 0 Å². The number of esters is 1. The maximum atomic E-state index is 14.5. The first-order valence-corrected chi connectivity index (χ1v) is 13.4. The zero-order valence-corrected chi connectivity index (χ0v) is 21.8. The monoisotopic (exact) mass is 524 g/mol. The fourth-order valence-corrected chi connectivity index (χ4v) is 5.78. The molecule has 6 rings (SSSR count). The van der Waals surface area contributed by atoms with E-state index in [9.17, 15) is 9.59 Å². The van der Waals surface area contributed by atoms with Crippen LogP contribution in [0.1, 0.15) is 39.1 Å². The summed E-state index contributed by atoms with van der Waals surface area (Å²) in [5.41, 5.74) is 1.24. The summed E-state index contributed by atoms with van der Waals surface area (Å²) in [6.45, 7) is 0. The first kappa shape index (κ1) is 25.5. The van der Waals surface area contributed by atoms with Gasteiger partial charge in [0.25, 0.3) is 0 Å². The van der Waals surface area contributed by atoms with E-state index in [1.807, 2.05) is 140 Å². The van der Waals surface area contributed by atoms with Crippen molar-refractivity contribution >= 4 is 11.8 Å². The van der Waals surface area contributed by atoms with Crippen LogP contribution in [0.4, 0.5) is 0 Å². The molecule has 0 aliphatic carbocycles. The second-order valence-electron chi connectivity index (χ2n) is 9.90. The van der Waals surface area contributed by atoms with Crippen molar-refractivity contribution in [2.75, 3.05) is 0 Å². The highest BCUT2D eigenvalue weighted by Crippen LogP contribution is 2.59. The Hall–Kier alpha value is -4.80. The Bertz CT molecular complexity index is 1570. The molecule has 1 heterocycles. The predicted molar refractivity (Wildman–Crippen MR) is 154 cm³/mol. The normalized spacial score (nSPS) is 21.9. The molecule has 0 bridgehead atoms. The lowest BCUT2D eigenvalue weighted by Crippen LogP contribution is -2.44. The molecule has 0 saturated carbocycles. The number of carbonyl (C=O) groups excluding carboxylic acids is 2. The highest BCUT2D eigenvalue weighted by molar-refractivity contribution is 6.00. The van der Waals surface area contributed by atoms with Crippen LogP contribution < -0.4 is 4.74 Å². The van der Waals surface area contributed by atoms with E-state index < -0.39 is 29.5 Å². The minimum absolute atomic E-state index is 0.0892. The second-order valence-corrected chi connectivity index (χ2v) is 9.90. The van der Waals surface area contributed by atoms with Gasteiger partial charge in [-0.1, -0.05) is 140 Å². The van der Waals surface area contributed by atoms with E-state index in [-0.39, 0.29) is 5.78 Å². The van der Waals surface area contributed by atoms with Crippen molar-refractivity contribution in [2.45, 2.75) is 17.6 Å². The van der Waals surface area contributed by atoms with Gasteiger partial charge < -0.3 is 9.47 Å². The van der Waals surface area contributed by atoms with Gasteiger partial charge in [0.2, 0.25) is 0 Å². The molecule has 4 heteroatoms. The lowest BCUT2D eigenvalue weighted by molar-refractivity contribution is -0.164. The number of carbonyl (C=O) groups is 2. The van der Waals surface area contributed by atoms with E-state index in [2.05, 4.69) is 0 Å². The summed E-state index contributed by atoms with van der Waals surface area (Å²) < 4.78 is 13.0. The third-order valence-electron chi connectivity index (χ3n) is 7.54. The van der Waals surface area contributed by atoms with Crippen LogP contribution in [-0.2, 0) is 15.1 Å². The van der Waals surface area contributed by atoms with Gasteiger partial charge in [0, 0.05) is 11.5 Å². The maximum absolute atomic E-state index is 14.5. The minimum Gasteiger partial charge on any atom is -0.424 e. The molecule has 0 amide bonds. The average molecular weight is 525 g/mol. The zero-order valence-electron chi connectivity index (χ0n) is 21.8.